The predicted molar refractivity (Wildman–Crippen MR) is 47.9 cm³/mol. The quantitative estimate of drug-likeness (QED) is 0.509. The van der Waals surface area contributed by atoms with E-state index in [0.29, 0.717) is 5.54 Å². The van der Waals surface area contributed by atoms with Crippen LogP contribution in [0.5, 0.6) is 0 Å². The summed E-state index contributed by atoms with van der Waals surface area (Å²) in [5.74, 6) is 0. The first kappa shape index (κ1) is 7.11. The third kappa shape index (κ3) is 1.25. The van der Waals surface area contributed by atoms with Gasteiger partial charge in [-0.2, -0.15) is 0 Å². The summed E-state index contributed by atoms with van der Waals surface area (Å²) in [6.45, 7) is 0. The molecule has 0 fully saturated rings. The van der Waals surface area contributed by atoms with Gasteiger partial charge >= 0.3 is 0 Å². The minimum atomic E-state index is 0.597. The van der Waals surface area contributed by atoms with E-state index in [0.717, 1.165) is 0 Å². The van der Waals surface area contributed by atoms with Gasteiger partial charge < -0.3 is 0 Å². The molecule has 0 saturated heterocycles. The summed E-state index contributed by atoms with van der Waals surface area (Å²) in [5.41, 5.74) is 3.62. The van der Waals surface area contributed by atoms with E-state index in [2.05, 4.69) is 34.5 Å². The van der Waals surface area contributed by atoms with Gasteiger partial charge in [-0.25, -0.2) is 0 Å². The highest BCUT2D eigenvalue weighted by molar-refractivity contribution is 6.12. The first-order valence-corrected chi connectivity index (χ1v) is 4.74. The van der Waals surface area contributed by atoms with Crippen LogP contribution in [0.15, 0.2) is 24.3 Å². The van der Waals surface area contributed by atoms with Gasteiger partial charge in [0, 0.05) is 10.2 Å². The average molecular weight is 159 g/mol. The second-order valence-corrected chi connectivity index (χ2v) is 3.84. The molecule has 55 valence electrons. The molecule has 11 heavy (non-hydrogen) atoms. The molecule has 0 N–H and O–H groups in total. The summed E-state index contributed by atoms with van der Waals surface area (Å²) in [4.78, 5) is 0. The second kappa shape index (κ2) is 2.82. The number of rotatable bonds is 0. The zero-order valence-corrected chi connectivity index (χ0v) is 7.51. The molecule has 0 amide bonds. The van der Waals surface area contributed by atoms with Gasteiger partial charge in [-0.05, 0) is 35.9 Å². The van der Waals surface area contributed by atoms with E-state index in [9.17, 15) is 0 Å². The monoisotopic (exact) mass is 159 g/mol. The number of hydrogen-bond acceptors (Lipinski definition) is 0. The number of aryl methyl sites for hydroxylation is 1. The van der Waals surface area contributed by atoms with E-state index in [1.165, 1.54) is 30.4 Å². The molecule has 1 unspecified atom stereocenters. The van der Waals surface area contributed by atoms with Crippen molar-refractivity contribution in [1.82, 2.24) is 0 Å². The van der Waals surface area contributed by atoms with Gasteiger partial charge in [0.15, 0.2) is 0 Å². The molecule has 1 aromatic rings. The highest BCUT2D eigenvalue weighted by Crippen LogP contribution is 2.28. The van der Waals surface area contributed by atoms with E-state index in [4.69, 9.17) is 0 Å². The van der Waals surface area contributed by atoms with Gasteiger partial charge in [0.2, 0.25) is 0 Å². The van der Waals surface area contributed by atoms with Crippen LogP contribution in [0.4, 0.5) is 0 Å². The van der Waals surface area contributed by atoms with Crippen molar-refractivity contribution >= 4 is 10.2 Å². The average Bonchev–Trinajstić information content (AvgIpc) is 2.06. The summed E-state index contributed by atoms with van der Waals surface area (Å²) in [5, 5.41) is 0. The Balaban J connectivity index is 2.44. The minimum absolute atomic E-state index is 0.597. The zero-order valence-electron chi connectivity index (χ0n) is 6.51. The third-order valence-corrected chi connectivity index (χ3v) is 2.97. The number of hydrogen-bond donors (Lipinski definition) is 0. The summed E-state index contributed by atoms with van der Waals surface area (Å²) in [6.07, 6.45) is 3.87. The Morgan fingerprint density at radius 3 is 2.91 bits per heavy atom. The third-order valence-electron chi connectivity index (χ3n) is 2.37. The van der Waals surface area contributed by atoms with Gasteiger partial charge in [0.1, 0.15) is 0 Å². The fourth-order valence-corrected chi connectivity index (χ4v) is 2.24. The predicted octanol–water partition coefficient (Wildman–Crippen LogP) is 2.23. The minimum Gasteiger partial charge on any atom is -0.0620 e. The molecule has 0 heterocycles. The van der Waals surface area contributed by atoms with Gasteiger partial charge in [-0.1, -0.05) is 24.3 Å². The lowest BCUT2D eigenvalue weighted by Gasteiger charge is -2.21. The molecule has 3 radical (unpaired) electrons. The van der Waals surface area contributed by atoms with Gasteiger partial charge in [-0.3, -0.25) is 0 Å². The summed E-state index contributed by atoms with van der Waals surface area (Å²) in [7, 11) is 3.74. The molecule has 0 aliphatic heterocycles. The molecule has 1 heteroatoms. The highest BCUT2D eigenvalue weighted by atomic mass is 28.1. The summed E-state index contributed by atoms with van der Waals surface area (Å²) < 4.78 is 0. The van der Waals surface area contributed by atoms with Crippen LogP contribution in [0.25, 0.3) is 0 Å². The summed E-state index contributed by atoms with van der Waals surface area (Å²) in [6, 6.07) is 8.72. The van der Waals surface area contributed by atoms with Crippen LogP contribution in [-0.4, -0.2) is 10.2 Å². The van der Waals surface area contributed by atoms with E-state index in [1.54, 1.807) is 0 Å². The Bertz CT molecular complexity index is 255. The van der Waals surface area contributed by atoms with E-state index in [-0.39, 0.29) is 0 Å². The van der Waals surface area contributed by atoms with E-state index in [1.807, 2.05) is 0 Å². The lowest BCUT2D eigenvalue weighted by molar-refractivity contribution is 0.667. The molecular formula is C10H11Si. The molecule has 0 aromatic heterocycles. The molecule has 1 atom stereocenters. The maximum Gasteiger partial charge on any atom is 0.0331 e. The van der Waals surface area contributed by atoms with Crippen LogP contribution in [0, 0.1) is 0 Å². The number of benzene rings is 1. The Morgan fingerprint density at radius 1 is 1.27 bits per heavy atom. The molecule has 0 bridgehead atoms. The molecule has 0 nitrogen and oxygen atoms in total. The van der Waals surface area contributed by atoms with Crippen molar-refractivity contribution in [3.63, 3.8) is 0 Å². The fraction of sp³-hybridized carbons (Fsp3) is 0.400. The maximum absolute atomic E-state index is 3.74. The number of fused-ring (bicyclic) bond motifs is 1. The lowest BCUT2D eigenvalue weighted by atomic mass is 9.91. The Morgan fingerprint density at radius 2 is 2.09 bits per heavy atom. The molecule has 1 aromatic carbocycles. The van der Waals surface area contributed by atoms with Crippen molar-refractivity contribution in [2.75, 3.05) is 0 Å². The molecule has 0 saturated carbocycles. The largest absolute Gasteiger partial charge is 0.0620 e. The Hall–Kier alpha value is -0.563. The lowest BCUT2D eigenvalue weighted by Crippen LogP contribution is -2.08. The first-order chi connectivity index (χ1) is 5.38. The normalized spacial score (nSPS) is 22.8. The SMILES string of the molecule is [Si]C1CCCc2ccccc21. The standard InChI is InChI=1S/C10H11Si/c11-10-7-3-5-8-4-1-2-6-9(8)10/h1-2,4,6,10H,3,5,7H2. The van der Waals surface area contributed by atoms with E-state index >= 15 is 0 Å². The van der Waals surface area contributed by atoms with Crippen LogP contribution >= 0.6 is 0 Å². The van der Waals surface area contributed by atoms with Crippen molar-refractivity contribution in [3.05, 3.63) is 35.4 Å². The van der Waals surface area contributed by atoms with Crippen molar-refractivity contribution < 1.29 is 0 Å². The van der Waals surface area contributed by atoms with Crippen LogP contribution in [0.3, 0.4) is 0 Å². The van der Waals surface area contributed by atoms with Crippen LogP contribution in [0.2, 0.25) is 0 Å². The topological polar surface area (TPSA) is 0 Å². The van der Waals surface area contributed by atoms with Crippen LogP contribution in [-0.2, 0) is 6.42 Å². The Kier molecular flexibility index (Phi) is 1.82. The molecule has 1 aliphatic carbocycles. The first-order valence-electron chi connectivity index (χ1n) is 4.17. The highest BCUT2D eigenvalue weighted by Gasteiger charge is 2.14. The van der Waals surface area contributed by atoms with Crippen molar-refractivity contribution in [1.29, 1.82) is 0 Å². The van der Waals surface area contributed by atoms with Gasteiger partial charge in [-0.15, -0.1) is 0 Å². The molecule has 0 spiro atoms. The summed E-state index contributed by atoms with van der Waals surface area (Å²) >= 11 is 0. The van der Waals surface area contributed by atoms with Crippen LogP contribution in [0.1, 0.15) is 29.5 Å². The van der Waals surface area contributed by atoms with Crippen molar-refractivity contribution in [2.24, 2.45) is 0 Å². The van der Waals surface area contributed by atoms with Gasteiger partial charge in [0.05, 0.1) is 0 Å². The molecular weight excluding hydrogens is 148 g/mol. The zero-order chi connectivity index (χ0) is 7.68. The maximum atomic E-state index is 3.74. The van der Waals surface area contributed by atoms with Gasteiger partial charge in [0.25, 0.3) is 0 Å². The fourth-order valence-electron chi connectivity index (χ4n) is 1.75. The Labute approximate surface area is 71.1 Å². The van der Waals surface area contributed by atoms with Crippen LogP contribution < -0.4 is 0 Å². The van der Waals surface area contributed by atoms with E-state index < -0.39 is 0 Å². The van der Waals surface area contributed by atoms with Crippen molar-refractivity contribution in [2.45, 2.75) is 24.8 Å². The smallest absolute Gasteiger partial charge is 0.0331 e. The molecule has 2 rings (SSSR count). The van der Waals surface area contributed by atoms with Crippen molar-refractivity contribution in [3.8, 4) is 0 Å². The molecule has 1 aliphatic rings. The second-order valence-electron chi connectivity index (χ2n) is 3.14.